The quantitative estimate of drug-likeness (QED) is 0.278. The van der Waals surface area contributed by atoms with Gasteiger partial charge in [0, 0.05) is 26.8 Å². The van der Waals surface area contributed by atoms with E-state index < -0.39 is 0 Å². The molecular weight excluding hydrogens is 492 g/mol. The average molecular weight is 512 g/mol. The minimum atomic E-state index is -0.161. The maximum atomic E-state index is 12.4. The van der Waals surface area contributed by atoms with Crippen LogP contribution in [0.25, 0.3) is 11.4 Å². The zero-order valence-electron chi connectivity index (χ0n) is 16.0. The maximum Gasteiger partial charge on any atom is 0.234 e. The van der Waals surface area contributed by atoms with Gasteiger partial charge in [0.15, 0.2) is 11.0 Å². The first kappa shape index (κ1) is 22.1. The molecule has 0 fully saturated rings. The number of carbonyl (C=O) groups is 1. The van der Waals surface area contributed by atoms with E-state index in [4.69, 9.17) is 11.6 Å². The second-order valence-electron chi connectivity index (χ2n) is 6.56. The van der Waals surface area contributed by atoms with Crippen molar-refractivity contribution >= 4 is 62.2 Å². The fraction of sp³-hybridized carbons (Fsp3) is 0.250. The van der Waals surface area contributed by atoms with Gasteiger partial charge in [-0.25, -0.2) is 0 Å². The summed E-state index contributed by atoms with van der Waals surface area (Å²) in [5, 5.41) is 14.7. The molecule has 9 heteroatoms. The number of thioether (sulfide) groups is 1. The molecule has 1 N–H and O–H groups in total. The molecule has 0 bridgehead atoms. The molecule has 1 aromatic carbocycles. The zero-order valence-corrected chi connectivity index (χ0v) is 20.0. The minimum Gasteiger partial charge on any atom is -0.324 e. The Morgan fingerprint density at radius 1 is 1.41 bits per heavy atom. The van der Waals surface area contributed by atoms with E-state index >= 15 is 0 Å². The SMILES string of the molecule is C=CCn1c(SCC(=O)Nc2ccc(Br)cc2Cl)nnc1-c1csc(C(C)C)c1. The molecule has 0 aliphatic heterocycles. The third-order valence-corrected chi connectivity index (χ3v) is 7.02. The van der Waals surface area contributed by atoms with Crippen LogP contribution in [0.3, 0.4) is 0 Å². The van der Waals surface area contributed by atoms with E-state index in [1.165, 1.54) is 16.6 Å². The van der Waals surface area contributed by atoms with Crippen molar-refractivity contribution in [1.29, 1.82) is 0 Å². The molecule has 0 atom stereocenters. The van der Waals surface area contributed by atoms with Crippen LogP contribution in [0.4, 0.5) is 5.69 Å². The number of halogens is 2. The standard InChI is InChI=1S/C20H20BrClN4OS2/c1-4-7-26-19(13-8-17(12(2)3)28-10-13)24-25-20(26)29-11-18(27)23-16-6-5-14(21)9-15(16)22/h4-6,8-10,12H,1,7,11H2,2-3H3,(H,23,27). The Balaban J connectivity index is 1.72. The largest absolute Gasteiger partial charge is 0.324 e. The summed E-state index contributed by atoms with van der Waals surface area (Å²) in [7, 11) is 0. The highest BCUT2D eigenvalue weighted by Gasteiger charge is 2.17. The van der Waals surface area contributed by atoms with Gasteiger partial charge < -0.3 is 5.32 Å². The molecule has 5 nitrogen and oxygen atoms in total. The normalized spacial score (nSPS) is 11.1. The molecule has 3 rings (SSSR count). The number of hydrogen-bond acceptors (Lipinski definition) is 5. The van der Waals surface area contributed by atoms with Crippen molar-refractivity contribution in [3.05, 3.63) is 56.7 Å². The molecular formula is C20H20BrClN4OS2. The number of anilines is 1. The lowest BCUT2D eigenvalue weighted by atomic mass is 10.1. The lowest BCUT2D eigenvalue weighted by Gasteiger charge is -2.09. The van der Waals surface area contributed by atoms with Crippen molar-refractivity contribution in [2.24, 2.45) is 0 Å². The van der Waals surface area contributed by atoms with Gasteiger partial charge in [-0.05, 0) is 30.2 Å². The van der Waals surface area contributed by atoms with E-state index in [1.807, 2.05) is 10.6 Å². The van der Waals surface area contributed by atoms with Crippen LogP contribution in [0.15, 0.2) is 51.9 Å². The van der Waals surface area contributed by atoms with E-state index in [1.54, 1.807) is 29.5 Å². The third kappa shape index (κ3) is 5.51. The number of amides is 1. The molecule has 0 spiro atoms. The van der Waals surface area contributed by atoms with Crippen LogP contribution in [0.2, 0.25) is 5.02 Å². The van der Waals surface area contributed by atoms with Crippen molar-refractivity contribution < 1.29 is 4.79 Å². The average Bonchev–Trinajstić information content (AvgIpc) is 3.30. The Labute approximate surface area is 191 Å². The molecule has 0 aliphatic rings. The van der Waals surface area contributed by atoms with Gasteiger partial charge in [-0.15, -0.1) is 28.1 Å². The molecule has 0 saturated carbocycles. The van der Waals surface area contributed by atoms with Crippen molar-refractivity contribution in [2.75, 3.05) is 11.1 Å². The monoisotopic (exact) mass is 510 g/mol. The second kappa shape index (κ2) is 9.93. The van der Waals surface area contributed by atoms with Crippen LogP contribution in [-0.4, -0.2) is 26.4 Å². The molecule has 0 radical (unpaired) electrons. The number of nitrogens with one attached hydrogen (secondary N) is 1. The number of nitrogens with zero attached hydrogens (tertiary/aromatic N) is 3. The Kier molecular flexibility index (Phi) is 7.56. The topological polar surface area (TPSA) is 59.8 Å². The summed E-state index contributed by atoms with van der Waals surface area (Å²) in [5.41, 5.74) is 1.61. The van der Waals surface area contributed by atoms with E-state index in [0.717, 1.165) is 15.9 Å². The van der Waals surface area contributed by atoms with E-state index in [9.17, 15) is 4.79 Å². The third-order valence-electron chi connectivity index (χ3n) is 4.01. The fourth-order valence-corrected chi connectivity index (χ4v) is 4.95. The highest BCUT2D eigenvalue weighted by atomic mass is 79.9. The van der Waals surface area contributed by atoms with Gasteiger partial charge >= 0.3 is 0 Å². The molecule has 29 heavy (non-hydrogen) atoms. The Hall–Kier alpha value is -1.61. The van der Waals surface area contributed by atoms with Crippen LogP contribution < -0.4 is 5.32 Å². The summed E-state index contributed by atoms with van der Waals surface area (Å²) >= 11 is 12.6. The maximum absolute atomic E-state index is 12.4. The first-order valence-electron chi connectivity index (χ1n) is 8.89. The van der Waals surface area contributed by atoms with Crippen LogP contribution >= 0.6 is 50.6 Å². The molecule has 3 aromatic rings. The predicted octanol–water partition coefficient (Wildman–Crippen LogP) is 6.46. The van der Waals surface area contributed by atoms with Gasteiger partial charge in [-0.2, -0.15) is 0 Å². The summed E-state index contributed by atoms with van der Waals surface area (Å²) in [6.45, 7) is 8.74. The first-order chi connectivity index (χ1) is 13.9. The molecule has 0 unspecified atom stereocenters. The lowest BCUT2D eigenvalue weighted by Crippen LogP contribution is -2.15. The molecule has 2 heterocycles. The van der Waals surface area contributed by atoms with Crippen LogP contribution in [0.5, 0.6) is 0 Å². The van der Waals surface area contributed by atoms with E-state index in [0.29, 0.717) is 28.3 Å². The van der Waals surface area contributed by atoms with Gasteiger partial charge in [0.05, 0.1) is 16.5 Å². The van der Waals surface area contributed by atoms with Gasteiger partial charge in [0.25, 0.3) is 0 Å². The summed E-state index contributed by atoms with van der Waals surface area (Å²) in [4.78, 5) is 13.7. The number of hydrogen-bond donors (Lipinski definition) is 1. The smallest absolute Gasteiger partial charge is 0.234 e. The summed E-state index contributed by atoms with van der Waals surface area (Å²) in [6.07, 6.45) is 1.80. The molecule has 2 aromatic heterocycles. The minimum absolute atomic E-state index is 0.161. The fourth-order valence-electron chi connectivity index (χ4n) is 2.58. The van der Waals surface area contributed by atoms with E-state index in [2.05, 4.69) is 63.3 Å². The molecule has 0 aliphatic carbocycles. The number of rotatable bonds is 8. The molecule has 152 valence electrons. The van der Waals surface area contributed by atoms with Crippen LogP contribution in [-0.2, 0) is 11.3 Å². The zero-order chi connectivity index (χ0) is 21.0. The highest BCUT2D eigenvalue weighted by molar-refractivity contribution is 9.10. The van der Waals surface area contributed by atoms with Crippen LogP contribution in [0, 0.1) is 0 Å². The number of aromatic nitrogens is 3. The molecule has 0 saturated heterocycles. The van der Waals surface area contributed by atoms with Gasteiger partial charge in [-0.3, -0.25) is 9.36 Å². The van der Waals surface area contributed by atoms with Gasteiger partial charge in [-0.1, -0.05) is 59.2 Å². The van der Waals surface area contributed by atoms with E-state index in [-0.39, 0.29) is 11.7 Å². The predicted molar refractivity (Wildman–Crippen MR) is 126 cm³/mol. The lowest BCUT2D eigenvalue weighted by molar-refractivity contribution is -0.113. The summed E-state index contributed by atoms with van der Waals surface area (Å²) < 4.78 is 2.83. The summed E-state index contributed by atoms with van der Waals surface area (Å²) in [6, 6.07) is 7.48. The Bertz CT molecular complexity index is 1030. The van der Waals surface area contributed by atoms with Gasteiger partial charge in [0.1, 0.15) is 0 Å². The Morgan fingerprint density at radius 3 is 2.86 bits per heavy atom. The number of benzene rings is 1. The number of allylic oxidation sites excluding steroid dienone is 1. The Morgan fingerprint density at radius 2 is 2.21 bits per heavy atom. The van der Waals surface area contributed by atoms with Crippen molar-refractivity contribution in [1.82, 2.24) is 14.8 Å². The summed E-state index contributed by atoms with van der Waals surface area (Å²) in [5.74, 6) is 1.29. The first-order valence-corrected chi connectivity index (χ1v) is 11.9. The molecule has 1 amide bonds. The van der Waals surface area contributed by atoms with Crippen molar-refractivity contribution in [2.45, 2.75) is 31.5 Å². The second-order valence-corrected chi connectivity index (χ2v) is 9.77. The number of thiophene rings is 1. The van der Waals surface area contributed by atoms with Gasteiger partial charge in [0.2, 0.25) is 5.91 Å². The number of carbonyl (C=O) groups excluding carboxylic acids is 1. The highest BCUT2D eigenvalue weighted by Crippen LogP contribution is 2.31. The van der Waals surface area contributed by atoms with Crippen molar-refractivity contribution in [3.8, 4) is 11.4 Å². The van der Waals surface area contributed by atoms with Crippen molar-refractivity contribution in [3.63, 3.8) is 0 Å². The van der Waals surface area contributed by atoms with Crippen LogP contribution in [0.1, 0.15) is 24.6 Å².